The van der Waals surface area contributed by atoms with E-state index in [1.165, 1.54) is 7.11 Å². The number of esters is 1. The molecule has 1 fully saturated rings. The molecule has 0 saturated carbocycles. The summed E-state index contributed by atoms with van der Waals surface area (Å²) in [7, 11) is 1.27. The van der Waals surface area contributed by atoms with Gasteiger partial charge in [0, 0.05) is 0 Å². The van der Waals surface area contributed by atoms with Gasteiger partial charge in [0.1, 0.15) is 12.2 Å². The Hall–Kier alpha value is -0.910. The molecule has 0 aromatic rings. The number of aliphatic hydroxyl groups excluding tert-OH is 1. The lowest BCUT2D eigenvalue weighted by Crippen LogP contribution is -2.36. The Morgan fingerprint density at radius 3 is 2.75 bits per heavy atom. The molecule has 0 aromatic carbocycles. The molecule has 1 aliphatic heterocycles. The maximum Gasteiger partial charge on any atom is 0.308 e. The first kappa shape index (κ1) is 13.2. The number of aliphatic hydroxyl groups is 1. The van der Waals surface area contributed by atoms with Gasteiger partial charge in [-0.15, -0.1) is 6.58 Å². The minimum atomic E-state index is -0.961. The predicted octanol–water partition coefficient (Wildman–Crippen LogP) is 0.616. The molecule has 0 radical (unpaired) electrons. The van der Waals surface area contributed by atoms with Gasteiger partial charge < -0.3 is 19.3 Å². The molecule has 0 aliphatic carbocycles. The second kappa shape index (κ2) is 4.95. The first-order valence-corrected chi connectivity index (χ1v) is 5.12. The van der Waals surface area contributed by atoms with Crippen LogP contribution in [0, 0.1) is 0 Å². The molecule has 1 saturated heterocycles. The number of carbonyl (C=O) groups excluding carboxylic acids is 1. The van der Waals surface area contributed by atoms with Gasteiger partial charge in [0.2, 0.25) is 0 Å². The molecule has 3 atom stereocenters. The molecule has 0 aromatic heterocycles. The molecule has 5 heteroatoms. The zero-order chi connectivity index (χ0) is 12.3. The second-order valence-electron chi connectivity index (χ2n) is 4.15. The lowest BCUT2D eigenvalue weighted by Gasteiger charge is -2.20. The van der Waals surface area contributed by atoms with Gasteiger partial charge in [-0.3, -0.25) is 4.79 Å². The Kier molecular flexibility index (Phi) is 4.07. The maximum atomic E-state index is 11.0. The van der Waals surface area contributed by atoms with E-state index in [4.69, 9.17) is 9.47 Å². The molecule has 0 unspecified atom stereocenters. The lowest BCUT2D eigenvalue weighted by atomic mass is 10.1. The van der Waals surface area contributed by atoms with Crippen molar-refractivity contribution >= 4 is 5.97 Å². The van der Waals surface area contributed by atoms with Crippen molar-refractivity contribution in [2.75, 3.05) is 7.11 Å². The number of ether oxygens (including phenoxy) is 3. The minimum Gasteiger partial charge on any atom is -0.469 e. The third-order valence-corrected chi connectivity index (χ3v) is 2.38. The summed E-state index contributed by atoms with van der Waals surface area (Å²) in [6.45, 7) is 7.10. The number of methoxy groups -OCH3 is 1. The Bertz CT molecular complexity index is 274. The highest BCUT2D eigenvalue weighted by molar-refractivity contribution is 5.69. The fourth-order valence-electron chi connectivity index (χ4n) is 1.67. The van der Waals surface area contributed by atoms with Crippen molar-refractivity contribution in [3.05, 3.63) is 12.7 Å². The van der Waals surface area contributed by atoms with Gasteiger partial charge >= 0.3 is 5.97 Å². The Balaban J connectivity index is 2.64. The van der Waals surface area contributed by atoms with Crippen LogP contribution in [0.1, 0.15) is 20.3 Å². The molecule has 0 bridgehead atoms. The van der Waals surface area contributed by atoms with Crippen LogP contribution in [0.2, 0.25) is 0 Å². The van der Waals surface area contributed by atoms with E-state index >= 15 is 0 Å². The average molecular weight is 230 g/mol. The summed E-state index contributed by atoms with van der Waals surface area (Å²) >= 11 is 0. The second-order valence-corrected chi connectivity index (χ2v) is 4.15. The molecule has 0 spiro atoms. The largest absolute Gasteiger partial charge is 0.469 e. The molecule has 16 heavy (non-hydrogen) atoms. The van der Waals surface area contributed by atoms with Gasteiger partial charge in [0.15, 0.2) is 5.79 Å². The third kappa shape index (κ3) is 3.04. The Morgan fingerprint density at radius 2 is 2.25 bits per heavy atom. The van der Waals surface area contributed by atoms with E-state index in [1.807, 2.05) is 0 Å². The van der Waals surface area contributed by atoms with Crippen LogP contribution in [0.5, 0.6) is 0 Å². The normalized spacial score (nSPS) is 29.8. The fourth-order valence-corrected chi connectivity index (χ4v) is 1.67. The van der Waals surface area contributed by atoms with Gasteiger partial charge in [-0.1, -0.05) is 6.08 Å². The topological polar surface area (TPSA) is 65.0 Å². The number of carbonyl (C=O) groups is 1. The van der Waals surface area contributed by atoms with Crippen LogP contribution < -0.4 is 0 Å². The monoisotopic (exact) mass is 230 g/mol. The highest BCUT2D eigenvalue weighted by Gasteiger charge is 2.43. The van der Waals surface area contributed by atoms with Gasteiger partial charge in [-0.25, -0.2) is 0 Å². The summed E-state index contributed by atoms with van der Waals surface area (Å²) in [6, 6.07) is 0. The summed E-state index contributed by atoms with van der Waals surface area (Å²) in [5, 5.41) is 9.83. The number of rotatable bonds is 4. The van der Waals surface area contributed by atoms with E-state index in [-0.39, 0.29) is 6.42 Å². The van der Waals surface area contributed by atoms with Crippen LogP contribution in [-0.2, 0) is 19.0 Å². The summed E-state index contributed by atoms with van der Waals surface area (Å²) in [4.78, 5) is 11.0. The number of hydrogen-bond acceptors (Lipinski definition) is 5. The van der Waals surface area contributed by atoms with E-state index in [9.17, 15) is 9.90 Å². The van der Waals surface area contributed by atoms with Crippen LogP contribution in [0.15, 0.2) is 12.7 Å². The van der Waals surface area contributed by atoms with Crippen molar-refractivity contribution in [1.82, 2.24) is 0 Å². The molecular weight excluding hydrogens is 212 g/mol. The predicted molar refractivity (Wildman–Crippen MR) is 56.7 cm³/mol. The van der Waals surface area contributed by atoms with Crippen molar-refractivity contribution in [3.8, 4) is 0 Å². The van der Waals surface area contributed by atoms with Gasteiger partial charge in [-0.2, -0.15) is 0 Å². The Morgan fingerprint density at radius 1 is 1.62 bits per heavy atom. The molecule has 1 aliphatic rings. The van der Waals surface area contributed by atoms with Crippen LogP contribution in [-0.4, -0.2) is 42.3 Å². The standard InChI is InChI=1S/C11H18O5/c1-5-8-10(16-11(2,3)15-8)7(12)6-9(13)14-4/h5,7-8,10,12H,1,6H2,2-4H3/t7-,8+,10-/m0/s1. The maximum absolute atomic E-state index is 11.0. The van der Waals surface area contributed by atoms with E-state index in [0.29, 0.717) is 0 Å². The first-order chi connectivity index (χ1) is 7.39. The molecule has 0 amide bonds. The van der Waals surface area contributed by atoms with Gasteiger partial charge in [0.05, 0.1) is 19.6 Å². The van der Waals surface area contributed by atoms with Crippen LogP contribution in [0.25, 0.3) is 0 Å². The van der Waals surface area contributed by atoms with Crippen molar-refractivity contribution in [2.24, 2.45) is 0 Å². The quantitative estimate of drug-likeness (QED) is 0.566. The smallest absolute Gasteiger partial charge is 0.308 e. The average Bonchev–Trinajstić information content (AvgIpc) is 2.53. The van der Waals surface area contributed by atoms with Crippen molar-refractivity contribution in [3.63, 3.8) is 0 Å². The minimum absolute atomic E-state index is 0.120. The highest BCUT2D eigenvalue weighted by atomic mass is 16.8. The molecule has 92 valence electrons. The zero-order valence-corrected chi connectivity index (χ0v) is 9.80. The lowest BCUT2D eigenvalue weighted by molar-refractivity contribution is -0.159. The van der Waals surface area contributed by atoms with Gasteiger partial charge in [0.25, 0.3) is 0 Å². The van der Waals surface area contributed by atoms with E-state index in [2.05, 4.69) is 11.3 Å². The summed E-state index contributed by atoms with van der Waals surface area (Å²) in [6.07, 6.45) is -0.538. The van der Waals surface area contributed by atoms with E-state index in [0.717, 1.165) is 0 Å². The van der Waals surface area contributed by atoms with Crippen molar-refractivity contribution in [1.29, 1.82) is 0 Å². The first-order valence-electron chi connectivity index (χ1n) is 5.12. The van der Waals surface area contributed by atoms with Crippen LogP contribution >= 0.6 is 0 Å². The molecule has 1 rings (SSSR count). The molecular formula is C11H18O5. The molecule has 1 N–H and O–H groups in total. The van der Waals surface area contributed by atoms with E-state index in [1.54, 1.807) is 19.9 Å². The van der Waals surface area contributed by atoms with E-state index < -0.39 is 30.1 Å². The third-order valence-electron chi connectivity index (χ3n) is 2.38. The molecule has 5 nitrogen and oxygen atoms in total. The van der Waals surface area contributed by atoms with Crippen molar-refractivity contribution in [2.45, 2.75) is 44.4 Å². The SMILES string of the molecule is C=C[C@H]1OC(C)(C)O[C@H]1[C@@H](O)CC(=O)OC. The van der Waals surface area contributed by atoms with Crippen LogP contribution in [0.3, 0.4) is 0 Å². The number of hydrogen-bond donors (Lipinski definition) is 1. The highest BCUT2D eigenvalue weighted by Crippen LogP contribution is 2.31. The molecule has 1 heterocycles. The zero-order valence-electron chi connectivity index (χ0n) is 9.80. The fraction of sp³-hybridized carbons (Fsp3) is 0.727. The van der Waals surface area contributed by atoms with Gasteiger partial charge in [-0.05, 0) is 13.8 Å². The summed E-state index contributed by atoms with van der Waals surface area (Å²) in [5.74, 6) is -1.26. The summed E-state index contributed by atoms with van der Waals surface area (Å²) < 4.78 is 15.5. The Labute approximate surface area is 95.0 Å². The summed E-state index contributed by atoms with van der Waals surface area (Å²) in [5.41, 5.74) is 0. The van der Waals surface area contributed by atoms with Crippen LogP contribution in [0.4, 0.5) is 0 Å². The van der Waals surface area contributed by atoms with Crippen molar-refractivity contribution < 1.29 is 24.1 Å².